The summed E-state index contributed by atoms with van der Waals surface area (Å²) in [5.74, 6) is 0. The third-order valence-corrected chi connectivity index (χ3v) is 2.94. The van der Waals surface area contributed by atoms with Crippen molar-refractivity contribution in [3.8, 4) is 0 Å². The normalized spacial score (nSPS) is 10.4. The number of nitrogens with zero attached hydrogens (tertiary/aromatic N) is 1. The van der Waals surface area contributed by atoms with E-state index in [0.29, 0.717) is 19.8 Å². The van der Waals surface area contributed by atoms with Crippen molar-refractivity contribution in [2.45, 2.75) is 0 Å². The average Bonchev–Trinajstić information content (AvgIpc) is 2.58. The van der Waals surface area contributed by atoms with Gasteiger partial charge in [-0.25, -0.2) is 4.98 Å². The minimum atomic E-state index is 0.639. The molecule has 1 aromatic rings. The van der Waals surface area contributed by atoms with Gasteiger partial charge in [-0.15, -0.1) is 11.3 Å². The number of halogens is 1. The third kappa shape index (κ3) is 4.90. The van der Waals surface area contributed by atoms with Gasteiger partial charge in [0.2, 0.25) is 0 Å². The fraction of sp³-hybridized carbons (Fsp3) is 0.625. The molecule has 0 saturated heterocycles. The SMILES string of the molecule is COCCOCCNc1nc(Br)cs1. The van der Waals surface area contributed by atoms with Crippen LogP contribution in [0.4, 0.5) is 5.13 Å². The highest BCUT2D eigenvalue weighted by Crippen LogP contribution is 2.18. The summed E-state index contributed by atoms with van der Waals surface area (Å²) in [5, 5.41) is 6.00. The van der Waals surface area contributed by atoms with Crippen molar-refractivity contribution in [3.05, 3.63) is 9.98 Å². The molecule has 1 heterocycles. The summed E-state index contributed by atoms with van der Waals surface area (Å²) in [6, 6.07) is 0. The molecule has 1 rings (SSSR count). The monoisotopic (exact) mass is 280 g/mol. The maximum absolute atomic E-state index is 5.28. The Morgan fingerprint density at radius 3 is 3.00 bits per heavy atom. The van der Waals surface area contributed by atoms with Gasteiger partial charge in [-0.1, -0.05) is 0 Å². The Hall–Kier alpha value is -0.170. The van der Waals surface area contributed by atoms with E-state index in [9.17, 15) is 0 Å². The van der Waals surface area contributed by atoms with Crippen LogP contribution in [0, 0.1) is 0 Å². The van der Waals surface area contributed by atoms with Crippen LogP contribution in [-0.2, 0) is 9.47 Å². The zero-order chi connectivity index (χ0) is 10.2. The predicted octanol–water partition coefficient (Wildman–Crippen LogP) is 1.98. The molecule has 0 unspecified atom stereocenters. The van der Waals surface area contributed by atoms with E-state index in [1.54, 1.807) is 18.4 Å². The molecule has 0 radical (unpaired) electrons. The summed E-state index contributed by atoms with van der Waals surface area (Å²) in [6.45, 7) is 2.72. The molecular formula is C8H13BrN2O2S. The lowest BCUT2D eigenvalue weighted by molar-refractivity contribution is 0.0759. The van der Waals surface area contributed by atoms with Gasteiger partial charge in [0.25, 0.3) is 0 Å². The molecule has 14 heavy (non-hydrogen) atoms. The van der Waals surface area contributed by atoms with E-state index >= 15 is 0 Å². The first-order valence-corrected chi connectivity index (χ1v) is 5.92. The number of aromatic nitrogens is 1. The van der Waals surface area contributed by atoms with Crippen molar-refractivity contribution in [2.75, 3.05) is 38.8 Å². The van der Waals surface area contributed by atoms with Gasteiger partial charge >= 0.3 is 0 Å². The van der Waals surface area contributed by atoms with Gasteiger partial charge in [-0.05, 0) is 15.9 Å². The van der Waals surface area contributed by atoms with Gasteiger partial charge < -0.3 is 14.8 Å². The van der Waals surface area contributed by atoms with Crippen molar-refractivity contribution in [2.24, 2.45) is 0 Å². The van der Waals surface area contributed by atoms with Crippen LogP contribution in [0.2, 0.25) is 0 Å². The fourth-order valence-corrected chi connectivity index (χ4v) is 1.98. The van der Waals surface area contributed by atoms with Crippen LogP contribution >= 0.6 is 27.3 Å². The molecule has 0 saturated carbocycles. The molecule has 0 bridgehead atoms. The van der Waals surface area contributed by atoms with Crippen LogP contribution in [0.25, 0.3) is 0 Å². The Labute approximate surface area is 95.8 Å². The topological polar surface area (TPSA) is 43.4 Å². The molecule has 0 fully saturated rings. The molecule has 1 N–H and O–H groups in total. The van der Waals surface area contributed by atoms with Gasteiger partial charge in [0.15, 0.2) is 5.13 Å². The Balaban J connectivity index is 1.99. The van der Waals surface area contributed by atoms with Gasteiger partial charge in [-0.3, -0.25) is 0 Å². The number of thiazole rings is 1. The third-order valence-electron chi connectivity index (χ3n) is 1.43. The first-order valence-electron chi connectivity index (χ1n) is 4.24. The molecule has 0 aliphatic heterocycles. The van der Waals surface area contributed by atoms with Crippen LogP contribution in [0.1, 0.15) is 0 Å². The summed E-state index contributed by atoms with van der Waals surface area (Å²) in [7, 11) is 1.66. The van der Waals surface area contributed by atoms with Crippen LogP contribution < -0.4 is 5.32 Å². The predicted molar refractivity (Wildman–Crippen MR) is 61.0 cm³/mol. The Morgan fingerprint density at radius 1 is 1.50 bits per heavy atom. The van der Waals surface area contributed by atoms with Crippen LogP contribution in [0.3, 0.4) is 0 Å². The number of anilines is 1. The average molecular weight is 281 g/mol. The van der Waals surface area contributed by atoms with E-state index < -0.39 is 0 Å². The van der Waals surface area contributed by atoms with E-state index in [1.165, 1.54) is 0 Å². The van der Waals surface area contributed by atoms with E-state index in [1.807, 2.05) is 5.38 Å². The highest BCUT2D eigenvalue weighted by Gasteiger charge is 1.97. The summed E-state index contributed by atoms with van der Waals surface area (Å²) in [5.41, 5.74) is 0. The largest absolute Gasteiger partial charge is 0.382 e. The molecule has 0 atom stereocenters. The fourth-order valence-electron chi connectivity index (χ4n) is 0.810. The zero-order valence-electron chi connectivity index (χ0n) is 7.96. The molecule has 0 aliphatic rings. The molecule has 0 aliphatic carbocycles. The standard InChI is InChI=1S/C8H13BrN2O2S/c1-12-4-5-13-3-2-10-8-11-7(9)6-14-8/h6H,2-5H2,1H3,(H,10,11). The Morgan fingerprint density at radius 2 is 2.36 bits per heavy atom. The number of methoxy groups -OCH3 is 1. The smallest absolute Gasteiger partial charge is 0.183 e. The van der Waals surface area contributed by atoms with E-state index in [0.717, 1.165) is 16.3 Å². The lowest BCUT2D eigenvalue weighted by Crippen LogP contribution is -2.11. The Bertz CT molecular complexity index is 257. The van der Waals surface area contributed by atoms with Crippen molar-refractivity contribution < 1.29 is 9.47 Å². The highest BCUT2D eigenvalue weighted by atomic mass is 79.9. The number of ether oxygens (including phenoxy) is 2. The maximum Gasteiger partial charge on any atom is 0.183 e. The van der Waals surface area contributed by atoms with Gasteiger partial charge in [0.1, 0.15) is 4.60 Å². The van der Waals surface area contributed by atoms with Gasteiger partial charge in [0, 0.05) is 19.0 Å². The van der Waals surface area contributed by atoms with Crippen LogP contribution in [0.5, 0.6) is 0 Å². The maximum atomic E-state index is 5.28. The van der Waals surface area contributed by atoms with Gasteiger partial charge in [0.05, 0.1) is 19.8 Å². The highest BCUT2D eigenvalue weighted by molar-refractivity contribution is 9.10. The summed E-state index contributed by atoms with van der Waals surface area (Å²) in [6.07, 6.45) is 0. The molecule has 80 valence electrons. The number of hydrogen-bond donors (Lipinski definition) is 1. The van der Waals surface area contributed by atoms with E-state index in [-0.39, 0.29) is 0 Å². The van der Waals surface area contributed by atoms with Crippen molar-refractivity contribution >= 4 is 32.4 Å². The second kappa shape index (κ2) is 7.17. The Kier molecular flexibility index (Phi) is 6.09. The quantitative estimate of drug-likeness (QED) is 0.776. The molecule has 0 spiro atoms. The summed E-state index contributed by atoms with van der Waals surface area (Å²) in [4.78, 5) is 4.19. The number of hydrogen-bond acceptors (Lipinski definition) is 5. The van der Waals surface area contributed by atoms with E-state index in [4.69, 9.17) is 9.47 Å². The lowest BCUT2D eigenvalue weighted by atomic mass is 10.7. The van der Waals surface area contributed by atoms with Crippen LogP contribution in [0.15, 0.2) is 9.98 Å². The van der Waals surface area contributed by atoms with Gasteiger partial charge in [-0.2, -0.15) is 0 Å². The molecular weight excluding hydrogens is 268 g/mol. The van der Waals surface area contributed by atoms with Crippen molar-refractivity contribution in [1.82, 2.24) is 4.98 Å². The zero-order valence-corrected chi connectivity index (χ0v) is 10.4. The molecule has 0 amide bonds. The first kappa shape index (κ1) is 11.9. The summed E-state index contributed by atoms with van der Waals surface area (Å²) >= 11 is 4.86. The lowest BCUT2D eigenvalue weighted by Gasteiger charge is -2.03. The van der Waals surface area contributed by atoms with Crippen molar-refractivity contribution in [3.63, 3.8) is 0 Å². The van der Waals surface area contributed by atoms with Crippen molar-refractivity contribution in [1.29, 1.82) is 0 Å². The molecule has 6 heteroatoms. The second-order valence-corrected chi connectivity index (χ2v) is 4.18. The minimum absolute atomic E-state index is 0.639. The molecule has 0 aromatic carbocycles. The molecule has 4 nitrogen and oxygen atoms in total. The minimum Gasteiger partial charge on any atom is -0.382 e. The van der Waals surface area contributed by atoms with E-state index in [2.05, 4.69) is 26.2 Å². The first-order chi connectivity index (χ1) is 6.83. The number of rotatable bonds is 7. The second-order valence-electron chi connectivity index (χ2n) is 2.51. The number of nitrogens with one attached hydrogen (secondary N) is 1. The molecule has 1 aromatic heterocycles. The summed E-state index contributed by atoms with van der Waals surface area (Å²) < 4.78 is 11.0. The van der Waals surface area contributed by atoms with Crippen LogP contribution in [-0.4, -0.2) is 38.5 Å².